The van der Waals surface area contributed by atoms with E-state index in [4.69, 9.17) is 16.6 Å². The Morgan fingerprint density at radius 3 is 2.52 bits per heavy atom. The molecule has 5 rings (SSSR count). The van der Waals surface area contributed by atoms with E-state index in [-0.39, 0.29) is 0 Å². The fourth-order valence-corrected chi connectivity index (χ4v) is 4.73. The first-order valence-corrected chi connectivity index (χ1v) is 12.6. The molecule has 0 atom stereocenters. The van der Waals surface area contributed by atoms with Gasteiger partial charge in [-0.15, -0.1) is 10.2 Å². The number of rotatable bonds is 5. The first-order valence-electron chi connectivity index (χ1n) is 10.3. The molecule has 0 fully saturated rings. The number of hydrogen-bond acceptors (Lipinski definition) is 6. The van der Waals surface area contributed by atoms with Crippen molar-refractivity contribution in [2.75, 3.05) is 17.7 Å². The predicted octanol–water partition coefficient (Wildman–Crippen LogP) is 5.16. The number of fused-ring (bicyclic) bond motifs is 3. The Balaban J connectivity index is 1.63. The first-order chi connectivity index (χ1) is 15.8. The summed E-state index contributed by atoms with van der Waals surface area (Å²) in [6.07, 6.45) is 2.83. The Kier molecular flexibility index (Phi) is 5.26. The van der Waals surface area contributed by atoms with Crippen LogP contribution in [0.1, 0.15) is 6.92 Å². The molecule has 0 saturated carbocycles. The summed E-state index contributed by atoms with van der Waals surface area (Å²) >= 11 is 6.27. The molecule has 9 heteroatoms. The molecule has 0 bridgehead atoms. The maximum Gasteiger partial charge on any atom is 0.257 e. The molecular weight excluding hydrogens is 458 g/mol. The molecule has 7 nitrogen and oxygen atoms in total. The number of anilines is 2. The molecule has 0 aliphatic heterocycles. The normalized spacial score (nSPS) is 11.8. The van der Waals surface area contributed by atoms with Crippen LogP contribution in [0.2, 0.25) is 5.02 Å². The third-order valence-corrected chi connectivity index (χ3v) is 6.90. The highest BCUT2D eigenvalue weighted by Crippen LogP contribution is 2.34. The van der Waals surface area contributed by atoms with Crippen molar-refractivity contribution < 1.29 is 8.42 Å². The van der Waals surface area contributed by atoms with E-state index in [0.29, 0.717) is 22.2 Å². The number of aromatic nitrogens is 4. The van der Waals surface area contributed by atoms with Crippen LogP contribution < -0.4 is 4.90 Å². The lowest BCUT2D eigenvalue weighted by Crippen LogP contribution is -2.18. The van der Waals surface area contributed by atoms with Gasteiger partial charge in [-0.25, -0.2) is 8.42 Å². The third kappa shape index (κ3) is 3.92. The summed E-state index contributed by atoms with van der Waals surface area (Å²) in [4.78, 5) is 7.20. The van der Waals surface area contributed by atoms with Crippen LogP contribution >= 0.6 is 11.6 Å². The molecule has 5 aromatic rings. The van der Waals surface area contributed by atoms with Crippen molar-refractivity contribution in [3.63, 3.8) is 0 Å². The van der Waals surface area contributed by atoms with E-state index in [1.165, 1.54) is 6.26 Å². The predicted molar refractivity (Wildman–Crippen MR) is 131 cm³/mol. The zero-order valence-electron chi connectivity index (χ0n) is 18.0. The Labute approximate surface area is 196 Å². The van der Waals surface area contributed by atoms with Crippen molar-refractivity contribution in [1.29, 1.82) is 0 Å². The molecule has 0 aliphatic rings. The maximum atomic E-state index is 11.8. The Hall–Kier alpha value is -3.49. The smallest absolute Gasteiger partial charge is 0.257 e. The fraction of sp³-hybridized carbons (Fsp3) is 0.125. The van der Waals surface area contributed by atoms with E-state index < -0.39 is 9.84 Å². The molecule has 0 radical (unpaired) electrons. The van der Waals surface area contributed by atoms with Gasteiger partial charge < -0.3 is 4.90 Å². The van der Waals surface area contributed by atoms with Crippen molar-refractivity contribution in [2.24, 2.45) is 0 Å². The van der Waals surface area contributed by atoms with E-state index in [9.17, 15) is 8.42 Å². The van der Waals surface area contributed by atoms with Gasteiger partial charge in [0.2, 0.25) is 0 Å². The zero-order valence-corrected chi connectivity index (χ0v) is 19.5. The van der Waals surface area contributed by atoms with Crippen molar-refractivity contribution >= 4 is 49.6 Å². The maximum absolute atomic E-state index is 11.8. The summed E-state index contributed by atoms with van der Waals surface area (Å²) in [7, 11) is -3.24. The highest BCUT2D eigenvalue weighted by atomic mass is 35.5. The van der Waals surface area contributed by atoms with Gasteiger partial charge in [0, 0.05) is 28.9 Å². The van der Waals surface area contributed by atoms with Gasteiger partial charge in [-0.1, -0.05) is 35.9 Å². The molecule has 0 unspecified atom stereocenters. The lowest BCUT2D eigenvalue weighted by molar-refractivity contribution is 0.602. The number of halogens is 1. The van der Waals surface area contributed by atoms with Gasteiger partial charge in [0.1, 0.15) is 12.1 Å². The standard InChI is InChI=1S/C24H20ClN5O2S/c1-3-29(23-21-12-9-18(25)14-22(21)30-15-26-28-24(30)27-23)19-6-4-5-17(13-19)16-7-10-20(11-8-16)33(2,31)32/h4-15H,3H2,1-2H3. The topological polar surface area (TPSA) is 80.5 Å². The second-order valence-corrected chi connectivity index (χ2v) is 10.1. The molecule has 0 N–H and O–H groups in total. The molecule has 166 valence electrons. The first kappa shape index (κ1) is 21.4. The second kappa shape index (κ2) is 8.13. The third-order valence-electron chi connectivity index (χ3n) is 5.54. The van der Waals surface area contributed by atoms with Crippen molar-refractivity contribution in [2.45, 2.75) is 11.8 Å². The van der Waals surface area contributed by atoms with E-state index in [1.54, 1.807) is 18.5 Å². The van der Waals surface area contributed by atoms with E-state index in [0.717, 1.165) is 33.5 Å². The molecule has 33 heavy (non-hydrogen) atoms. The monoisotopic (exact) mass is 477 g/mol. The summed E-state index contributed by atoms with van der Waals surface area (Å²) < 4.78 is 25.4. The molecule has 0 aliphatic carbocycles. The highest BCUT2D eigenvalue weighted by molar-refractivity contribution is 7.90. The quantitative estimate of drug-likeness (QED) is 0.348. The fourth-order valence-electron chi connectivity index (χ4n) is 3.93. The molecule has 3 aromatic carbocycles. The molecule has 2 heterocycles. The number of hydrogen-bond donors (Lipinski definition) is 0. The van der Waals surface area contributed by atoms with Gasteiger partial charge in [-0.2, -0.15) is 4.98 Å². The largest absolute Gasteiger partial charge is 0.326 e. The molecule has 0 spiro atoms. The summed E-state index contributed by atoms with van der Waals surface area (Å²) in [5.74, 6) is 1.25. The van der Waals surface area contributed by atoms with Crippen LogP contribution in [0.3, 0.4) is 0 Å². The summed E-state index contributed by atoms with van der Waals surface area (Å²) in [6, 6.07) is 20.7. The summed E-state index contributed by atoms with van der Waals surface area (Å²) in [5.41, 5.74) is 3.73. The average molecular weight is 478 g/mol. The van der Waals surface area contributed by atoms with Crippen LogP contribution in [0, 0.1) is 0 Å². The Morgan fingerprint density at radius 2 is 1.79 bits per heavy atom. The van der Waals surface area contributed by atoms with Gasteiger partial charge in [0.05, 0.1) is 10.4 Å². The van der Waals surface area contributed by atoms with Crippen LogP contribution in [-0.2, 0) is 9.84 Å². The zero-order chi connectivity index (χ0) is 23.2. The van der Waals surface area contributed by atoms with Crippen LogP contribution in [-0.4, -0.2) is 40.8 Å². The van der Waals surface area contributed by atoms with Gasteiger partial charge in [0.25, 0.3) is 5.78 Å². The Morgan fingerprint density at radius 1 is 1.00 bits per heavy atom. The average Bonchev–Trinajstić information content (AvgIpc) is 3.28. The second-order valence-electron chi connectivity index (χ2n) is 7.69. The van der Waals surface area contributed by atoms with Gasteiger partial charge in [-0.3, -0.25) is 4.40 Å². The number of benzene rings is 3. The van der Waals surface area contributed by atoms with Crippen molar-refractivity contribution in [1.82, 2.24) is 19.6 Å². The molecule has 0 saturated heterocycles. The Bertz CT molecular complexity index is 1600. The number of sulfone groups is 1. The van der Waals surface area contributed by atoms with Crippen LogP contribution in [0.15, 0.2) is 78.0 Å². The van der Waals surface area contributed by atoms with Gasteiger partial charge >= 0.3 is 0 Å². The molecular formula is C24H20ClN5O2S. The van der Waals surface area contributed by atoms with Gasteiger partial charge in [-0.05, 0) is 60.5 Å². The highest BCUT2D eigenvalue weighted by Gasteiger charge is 2.17. The van der Waals surface area contributed by atoms with Crippen LogP contribution in [0.25, 0.3) is 27.8 Å². The van der Waals surface area contributed by atoms with Crippen molar-refractivity contribution in [3.8, 4) is 11.1 Å². The van der Waals surface area contributed by atoms with Gasteiger partial charge in [0.15, 0.2) is 9.84 Å². The minimum absolute atomic E-state index is 0.300. The lowest BCUT2D eigenvalue weighted by atomic mass is 10.0. The minimum Gasteiger partial charge on any atom is -0.326 e. The van der Waals surface area contributed by atoms with E-state index >= 15 is 0 Å². The minimum atomic E-state index is -3.24. The summed E-state index contributed by atoms with van der Waals surface area (Å²) in [6.45, 7) is 2.73. The summed E-state index contributed by atoms with van der Waals surface area (Å²) in [5, 5.41) is 9.70. The van der Waals surface area contributed by atoms with Crippen LogP contribution in [0.5, 0.6) is 0 Å². The SMILES string of the molecule is CCN(c1cccc(-c2ccc(S(C)(=O)=O)cc2)c1)c1nc2nncn2c2cc(Cl)ccc12. The number of nitrogens with zero attached hydrogens (tertiary/aromatic N) is 5. The molecule has 0 amide bonds. The van der Waals surface area contributed by atoms with Crippen molar-refractivity contribution in [3.05, 3.63) is 78.1 Å². The molecule has 2 aromatic heterocycles. The van der Waals surface area contributed by atoms with E-state index in [2.05, 4.69) is 28.1 Å². The van der Waals surface area contributed by atoms with Crippen LogP contribution in [0.4, 0.5) is 11.5 Å². The van der Waals surface area contributed by atoms with E-state index in [1.807, 2.05) is 52.9 Å². The lowest BCUT2D eigenvalue weighted by Gasteiger charge is -2.24.